The Labute approximate surface area is 130 Å². The summed E-state index contributed by atoms with van der Waals surface area (Å²) in [6, 6.07) is 31.5. The molecule has 0 saturated carbocycles. The highest BCUT2D eigenvalue weighted by atomic mass is 32.2. The van der Waals surface area contributed by atoms with Crippen LogP contribution in [-0.2, 0) is 0 Å². The van der Waals surface area contributed by atoms with E-state index in [9.17, 15) is 0 Å². The van der Waals surface area contributed by atoms with Crippen LogP contribution in [0.4, 0.5) is 0 Å². The molecule has 0 saturated heterocycles. The molecular weight excluding hydrogens is 272 g/mol. The van der Waals surface area contributed by atoms with Crippen molar-refractivity contribution in [1.82, 2.24) is 0 Å². The van der Waals surface area contributed by atoms with E-state index in [2.05, 4.69) is 84.9 Å². The molecule has 0 radical (unpaired) electrons. The fourth-order valence-electron chi connectivity index (χ4n) is 2.09. The Balaban J connectivity index is 1.97. The average Bonchev–Trinajstić information content (AvgIpc) is 2.57. The second-order valence-electron chi connectivity index (χ2n) is 4.70. The number of thioether (sulfide) groups is 1. The van der Waals surface area contributed by atoms with Gasteiger partial charge in [-0.15, -0.1) is 0 Å². The third-order valence-corrected chi connectivity index (χ3v) is 4.21. The lowest BCUT2D eigenvalue weighted by Crippen LogP contribution is -1.81. The molecule has 0 aliphatic heterocycles. The Bertz CT molecular complexity index is 701. The summed E-state index contributed by atoms with van der Waals surface area (Å²) in [5.41, 5.74) is 2.47. The molecule has 0 heterocycles. The highest BCUT2D eigenvalue weighted by molar-refractivity contribution is 8.08. The van der Waals surface area contributed by atoms with Crippen LogP contribution in [0.25, 0.3) is 11.0 Å². The summed E-state index contributed by atoms with van der Waals surface area (Å²) in [6.45, 7) is 0. The van der Waals surface area contributed by atoms with E-state index in [-0.39, 0.29) is 0 Å². The topological polar surface area (TPSA) is 0 Å². The molecule has 0 unspecified atom stereocenters. The van der Waals surface area contributed by atoms with Crippen molar-refractivity contribution < 1.29 is 0 Å². The smallest absolute Gasteiger partial charge is 0.0200 e. The van der Waals surface area contributed by atoms with Crippen molar-refractivity contribution in [3.63, 3.8) is 0 Å². The summed E-state index contributed by atoms with van der Waals surface area (Å²) in [6.07, 6.45) is 2.24. The van der Waals surface area contributed by atoms with Gasteiger partial charge in [-0.05, 0) is 29.3 Å². The van der Waals surface area contributed by atoms with Crippen LogP contribution in [-0.4, -0.2) is 0 Å². The summed E-state index contributed by atoms with van der Waals surface area (Å²) in [4.78, 5) is 2.51. The SMILES string of the molecule is C(=C(/Sc1ccccc1)c1ccccc1)/c1ccccc1. The lowest BCUT2D eigenvalue weighted by Gasteiger charge is -2.08. The van der Waals surface area contributed by atoms with Crippen LogP contribution in [0.15, 0.2) is 95.9 Å². The predicted molar refractivity (Wildman–Crippen MR) is 93.1 cm³/mol. The van der Waals surface area contributed by atoms with E-state index < -0.39 is 0 Å². The Kier molecular flexibility index (Phi) is 4.55. The Morgan fingerprint density at radius 3 is 1.76 bits per heavy atom. The van der Waals surface area contributed by atoms with E-state index in [4.69, 9.17) is 0 Å². The zero-order chi connectivity index (χ0) is 14.3. The monoisotopic (exact) mass is 288 g/mol. The van der Waals surface area contributed by atoms with E-state index in [1.807, 2.05) is 12.1 Å². The third-order valence-electron chi connectivity index (χ3n) is 3.13. The Morgan fingerprint density at radius 1 is 0.619 bits per heavy atom. The van der Waals surface area contributed by atoms with Crippen molar-refractivity contribution in [2.45, 2.75) is 4.90 Å². The minimum absolute atomic E-state index is 1.22. The third kappa shape index (κ3) is 3.87. The van der Waals surface area contributed by atoms with Gasteiger partial charge in [-0.2, -0.15) is 0 Å². The zero-order valence-electron chi connectivity index (χ0n) is 11.6. The van der Waals surface area contributed by atoms with E-state index in [0.29, 0.717) is 0 Å². The van der Waals surface area contributed by atoms with Gasteiger partial charge >= 0.3 is 0 Å². The molecule has 0 aliphatic carbocycles. The van der Waals surface area contributed by atoms with E-state index in [0.717, 1.165) is 0 Å². The van der Waals surface area contributed by atoms with E-state index in [1.54, 1.807) is 11.8 Å². The van der Waals surface area contributed by atoms with Crippen LogP contribution in [0.5, 0.6) is 0 Å². The first-order valence-corrected chi connectivity index (χ1v) is 7.78. The van der Waals surface area contributed by atoms with Crippen LogP contribution in [0.1, 0.15) is 11.1 Å². The molecule has 0 aliphatic rings. The first-order valence-electron chi connectivity index (χ1n) is 6.97. The first kappa shape index (κ1) is 13.7. The molecule has 0 fully saturated rings. The molecule has 1 heteroatoms. The van der Waals surface area contributed by atoms with Gasteiger partial charge in [0.15, 0.2) is 0 Å². The maximum absolute atomic E-state index is 2.24. The van der Waals surface area contributed by atoms with Crippen LogP contribution in [0.3, 0.4) is 0 Å². The maximum atomic E-state index is 2.24. The zero-order valence-corrected chi connectivity index (χ0v) is 12.5. The van der Waals surface area contributed by atoms with Gasteiger partial charge < -0.3 is 0 Å². The van der Waals surface area contributed by atoms with Gasteiger partial charge in [-0.1, -0.05) is 90.6 Å². The van der Waals surface area contributed by atoms with Gasteiger partial charge in [-0.3, -0.25) is 0 Å². The second kappa shape index (κ2) is 6.96. The van der Waals surface area contributed by atoms with Crippen molar-refractivity contribution >= 4 is 22.7 Å². The van der Waals surface area contributed by atoms with Crippen LogP contribution >= 0.6 is 11.8 Å². The molecule has 0 spiro atoms. The van der Waals surface area contributed by atoms with Crippen LogP contribution in [0, 0.1) is 0 Å². The maximum Gasteiger partial charge on any atom is 0.0200 e. The van der Waals surface area contributed by atoms with Gasteiger partial charge in [0.2, 0.25) is 0 Å². The van der Waals surface area contributed by atoms with Crippen molar-refractivity contribution in [3.8, 4) is 0 Å². The van der Waals surface area contributed by atoms with Crippen LogP contribution in [0.2, 0.25) is 0 Å². The molecule has 0 bridgehead atoms. The molecule has 0 atom stereocenters. The minimum Gasteiger partial charge on any atom is -0.0895 e. The largest absolute Gasteiger partial charge is 0.0895 e. The van der Waals surface area contributed by atoms with Crippen molar-refractivity contribution in [3.05, 3.63) is 102 Å². The number of hydrogen-bond donors (Lipinski definition) is 0. The lowest BCUT2D eigenvalue weighted by molar-refractivity contribution is 1.47. The van der Waals surface area contributed by atoms with Crippen LogP contribution < -0.4 is 0 Å². The molecule has 0 nitrogen and oxygen atoms in total. The fourth-order valence-corrected chi connectivity index (χ4v) is 3.09. The van der Waals surface area contributed by atoms with E-state index >= 15 is 0 Å². The summed E-state index contributed by atoms with van der Waals surface area (Å²) in [7, 11) is 0. The summed E-state index contributed by atoms with van der Waals surface area (Å²) >= 11 is 1.80. The molecule has 3 aromatic carbocycles. The van der Waals surface area contributed by atoms with Gasteiger partial charge in [0.05, 0.1) is 0 Å². The fraction of sp³-hybridized carbons (Fsp3) is 0. The molecule has 0 aromatic heterocycles. The Morgan fingerprint density at radius 2 is 1.14 bits per heavy atom. The van der Waals surface area contributed by atoms with E-state index in [1.165, 1.54) is 20.9 Å². The average molecular weight is 288 g/mol. The van der Waals surface area contributed by atoms with Gasteiger partial charge in [-0.25, -0.2) is 0 Å². The van der Waals surface area contributed by atoms with Crippen molar-refractivity contribution in [1.29, 1.82) is 0 Å². The standard InChI is InChI=1S/C20H16S/c1-4-10-17(11-5-1)16-20(18-12-6-2-7-13-18)21-19-14-8-3-9-15-19/h1-16H/b20-16-. The molecule has 102 valence electrons. The summed E-state index contributed by atoms with van der Waals surface area (Å²) in [5, 5.41) is 0. The first-order chi connectivity index (χ1) is 10.4. The highest BCUT2D eigenvalue weighted by Crippen LogP contribution is 2.35. The van der Waals surface area contributed by atoms with Crippen molar-refractivity contribution in [2.24, 2.45) is 0 Å². The molecule has 0 amide bonds. The molecule has 3 aromatic rings. The van der Waals surface area contributed by atoms with Gasteiger partial charge in [0.25, 0.3) is 0 Å². The van der Waals surface area contributed by atoms with Gasteiger partial charge in [0.1, 0.15) is 0 Å². The predicted octanol–water partition coefficient (Wildman–Crippen LogP) is 5.98. The number of benzene rings is 3. The normalized spacial score (nSPS) is 11.3. The molecule has 3 rings (SSSR count). The summed E-state index contributed by atoms with van der Waals surface area (Å²) < 4.78 is 0. The quantitative estimate of drug-likeness (QED) is 0.420. The Hall–Kier alpha value is -2.25. The molecule has 0 N–H and O–H groups in total. The minimum atomic E-state index is 1.22. The summed E-state index contributed by atoms with van der Waals surface area (Å²) in [5.74, 6) is 0. The number of hydrogen-bond acceptors (Lipinski definition) is 1. The number of rotatable bonds is 4. The molecule has 21 heavy (non-hydrogen) atoms. The second-order valence-corrected chi connectivity index (χ2v) is 5.82. The molecular formula is C20H16S. The lowest BCUT2D eigenvalue weighted by atomic mass is 10.1. The highest BCUT2D eigenvalue weighted by Gasteiger charge is 2.04. The van der Waals surface area contributed by atoms with Crippen molar-refractivity contribution in [2.75, 3.05) is 0 Å². The van der Waals surface area contributed by atoms with Gasteiger partial charge in [0, 0.05) is 9.80 Å².